The highest BCUT2D eigenvalue weighted by Gasteiger charge is 2.14. The normalized spacial score (nSPS) is 13.3. The first-order valence-corrected chi connectivity index (χ1v) is 7.89. The summed E-state index contributed by atoms with van der Waals surface area (Å²) in [4.78, 5) is 4.63. The maximum absolute atomic E-state index is 7.77. The number of hydrogen-bond acceptors (Lipinski definition) is 4. The summed E-state index contributed by atoms with van der Waals surface area (Å²) in [6.07, 6.45) is 6.84. The maximum Gasteiger partial charge on any atom is 0.140 e. The lowest BCUT2D eigenvalue weighted by Gasteiger charge is -2.09. The van der Waals surface area contributed by atoms with Gasteiger partial charge >= 0.3 is 0 Å². The van der Waals surface area contributed by atoms with Gasteiger partial charge in [0.2, 0.25) is 0 Å². The number of nitrogens with one attached hydrogen (secondary N) is 2. The Morgan fingerprint density at radius 2 is 1.80 bits per heavy atom. The van der Waals surface area contributed by atoms with Crippen LogP contribution in [0.15, 0.2) is 53.9 Å². The van der Waals surface area contributed by atoms with Gasteiger partial charge in [0, 0.05) is 42.0 Å². The number of hydrogen-bond donors (Lipinski definition) is 3. The van der Waals surface area contributed by atoms with Crippen LogP contribution in [0.25, 0.3) is 11.1 Å². The molecule has 0 bridgehead atoms. The first-order chi connectivity index (χ1) is 11.6. The minimum absolute atomic E-state index is 0.474. The number of imidazole rings is 1. The van der Waals surface area contributed by atoms with Crippen LogP contribution in [0.3, 0.4) is 0 Å². The molecule has 5 nitrogen and oxygen atoms in total. The van der Waals surface area contributed by atoms with Crippen molar-refractivity contribution in [3.8, 4) is 0 Å². The van der Waals surface area contributed by atoms with Crippen molar-refractivity contribution in [2.45, 2.75) is 27.7 Å². The van der Waals surface area contributed by atoms with Crippen LogP contribution in [0.1, 0.15) is 39.2 Å². The molecule has 0 unspecified atom stereocenters. The van der Waals surface area contributed by atoms with Crippen molar-refractivity contribution in [1.29, 1.82) is 10.8 Å². The second kappa shape index (κ2) is 8.24. The average Bonchev–Trinajstić information content (AvgIpc) is 2.89. The number of allylic oxidation sites excluding steroid dienone is 7. The molecule has 132 valence electrons. The molecule has 5 heteroatoms. The topological polar surface area (TPSA) is 91.5 Å². The van der Waals surface area contributed by atoms with E-state index in [4.69, 9.17) is 16.6 Å². The molecule has 1 aromatic rings. The zero-order valence-corrected chi connectivity index (χ0v) is 15.7. The molecule has 0 atom stereocenters. The van der Waals surface area contributed by atoms with Crippen LogP contribution in [0.2, 0.25) is 0 Å². The largest absolute Gasteiger partial charge is 0.399 e. The molecular formula is C20H27N5. The molecule has 0 aliphatic rings. The number of aromatic nitrogens is 2. The molecule has 0 saturated carbocycles. The van der Waals surface area contributed by atoms with Gasteiger partial charge in [-0.3, -0.25) is 0 Å². The van der Waals surface area contributed by atoms with Gasteiger partial charge in [-0.2, -0.15) is 0 Å². The van der Waals surface area contributed by atoms with Gasteiger partial charge < -0.3 is 21.1 Å². The van der Waals surface area contributed by atoms with Crippen LogP contribution < -0.4 is 5.73 Å². The monoisotopic (exact) mass is 337 g/mol. The third-order valence-electron chi connectivity index (χ3n) is 3.82. The zero-order valence-electron chi connectivity index (χ0n) is 15.7. The van der Waals surface area contributed by atoms with E-state index in [1.54, 1.807) is 13.0 Å². The molecule has 1 heterocycles. The Bertz CT molecular complexity index is 828. The van der Waals surface area contributed by atoms with Gasteiger partial charge in [-0.15, -0.1) is 0 Å². The molecule has 0 amide bonds. The third-order valence-corrected chi connectivity index (χ3v) is 3.82. The van der Waals surface area contributed by atoms with Crippen molar-refractivity contribution in [2.24, 2.45) is 12.8 Å². The molecule has 0 aliphatic carbocycles. The number of nitrogens with two attached hydrogens (primary N) is 1. The summed E-state index contributed by atoms with van der Waals surface area (Å²) >= 11 is 0. The Morgan fingerprint density at radius 1 is 1.20 bits per heavy atom. The molecule has 25 heavy (non-hydrogen) atoms. The van der Waals surface area contributed by atoms with Crippen molar-refractivity contribution in [3.63, 3.8) is 0 Å². The van der Waals surface area contributed by atoms with Crippen molar-refractivity contribution in [1.82, 2.24) is 9.55 Å². The summed E-state index contributed by atoms with van der Waals surface area (Å²) in [5.41, 5.74) is 11.4. The summed E-state index contributed by atoms with van der Waals surface area (Å²) < 4.78 is 1.88. The van der Waals surface area contributed by atoms with Gasteiger partial charge in [0.05, 0.1) is 5.69 Å². The van der Waals surface area contributed by atoms with E-state index in [2.05, 4.69) is 18.1 Å². The van der Waals surface area contributed by atoms with E-state index in [9.17, 15) is 0 Å². The van der Waals surface area contributed by atoms with Crippen LogP contribution >= 0.6 is 0 Å². The average molecular weight is 337 g/mol. The maximum atomic E-state index is 7.77. The quantitative estimate of drug-likeness (QED) is 0.512. The van der Waals surface area contributed by atoms with Crippen LogP contribution in [0, 0.1) is 10.8 Å². The fourth-order valence-corrected chi connectivity index (χ4v) is 2.39. The Hall–Kier alpha value is -2.95. The van der Waals surface area contributed by atoms with Crippen molar-refractivity contribution >= 4 is 23.1 Å². The molecule has 0 spiro atoms. The zero-order chi connectivity index (χ0) is 19.3. The highest BCUT2D eigenvalue weighted by molar-refractivity contribution is 5.99. The van der Waals surface area contributed by atoms with Crippen LogP contribution in [0.5, 0.6) is 0 Å². The molecule has 1 rings (SSSR count). The smallest absolute Gasteiger partial charge is 0.140 e. The Labute approximate surface area is 150 Å². The minimum Gasteiger partial charge on any atom is -0.399 e. The first-order valence-electron chi connectivity index (χ1n) is 7.89. The van der Waals surface area contributed by atoms with Crippen LogP contribution in [0.4, 0.5) is 0 Å². The van der Waals surface area contributed by atoms with Crippen molar-refractivity contribution in [3.05, 3.63) is 65.4 Å². The summed E-state index contributed by atoms with van der Waals surface area (Å²) in [6, 6.07) is 0. The van der Waals surface area contributed by atoms with Gasteiger partial charge in [0.1, 0.15) is 5.82 Å². The van der Waals surface area contributed by atoms with E-state index >= 15 is 0 Å². The van der Waals surface area contributed by atoms with E-state index in [1.165, 1.54) is 6.21 Å². The molecule has 0 aromatic carbocycles. The lowest BCUT2D eigenvalue weighted by atomic mass is 10.00. The minimum atomic E-state index is 0.474. The first kappa shape index (κ1) is 20.1. The van der Waals surface area contributed by atoms with E-state index < -0.39 is 0 Å². The van der Waals surface area contributed by atoms with E-state index in [-0.39, 0.29) is 0 Å². The van der Waals surface area contributed by atoms with Gasteiger partial charge in [0.15, 0.2) is 0 Å². The predicted octanol–water partition coefficient (Wildman–Crippen LogP) is 4.26. The number of nitrogens with zero attached hydrogens (tertiary/aromatic N) is 2. The standard InChI is InChI=1S/C20H27N5/c1-12(17(6)23)8-13(2)18(10-21)16(5)20-24-19(11-25(20)7)14(3)9-15(4)22/h8-11,21-22H,5-6,23H2,1-4,7H3/b12-8+,14-9+,18-13-,21-10?,22-15?. The molecule has 1 aromatic heterocycles. The summed E-state index contributed by atoms with van der Waals surface area (Å²) in [7, 11) is 1.89. The van der Waals surface area contributed by atoms with Crippen LogP contribution in [-0.4, -0.2) is 21.5 Å². The van der Waals surface area contributed by atoms with Crippen molar-refractivity contribution in [2.75, 3.05) is 0 Å². The lowest BCUT2D eigenvalue weighted by molar-refractivity contribution is 0.891. The van der Waals surface area contributed by atoms with E-state index in [0.29, 0.717) is 28.4 Å². The van der Waals surface area contributed by atoms with E-state index in [0.717, 1.165) is 22.4 Å². The number of aryl methyl sites for hydroxylation is 1. The van der Waals surface area contributed by atoms with Crippen LogP contribution in [-0.2, 0) is 7.05 Å². The van der Waals surface area contributed by atoms with Crippen molar-refractivity contribution < 1.29 is 0 Å². The molecule has 0 fully saturated rings. The highest BCUT2D eigenvalue weighted by atomic mass is 15.0. The summed E-state index contributed by atoms with van der Waals surface area (Å²) in [5.74, 6) is 0.681. The van der Waals surface area contributed by atoms with Gasteiger partial charge in [-0.1, -0.05) is 19.2 Å². The Kier molecular flexibility index (Phi) is 6.62. The third kappa shape index (κ3) is 5.01. The van der Waals surface area contributed by atoms with Gasteiger partial charge in [-0.05, 0) is 50.5 Å². The summed E-state index contributed by atoms with van der Waals surface area (Å²) in [5, 5.41) is 15.4. The lowest BCUT2D eigenvalue weighted by Crippen LogP contribution is -2.01. The summed E-state index contributed by atoms with van der Waals surface area (Å²) in [6.45, 7) is 15.3. The second-order valence-corrected chi connectivity index (χ2v) is 6.14. The molecule has 0 radical (unpaired) electrons. The second-order valence-electron chi connectivity index (χ2n) is 6.14. The molecule has 0 saturated heterocycles. The molecular weight excluding hydrogens is 310 g/mol. The predicted molar refractivity (Wildman–Crippen MR) is 108 cm³/mol. The molecule has 0 aliphatic heterocycles. The fraction of sp³-hybridized carbons (Fsp3) is 0.250. The Balaban J connectivity index is 3.37. The Morgan fingerprint density at radius 3 is 2.28 bits per heavy atom. The SMILES string of the molecule is C=C(N)/C(C)=C/C(C)=C(/C=N)C(=C)c1nc(/C(C)=C/C(C)=N)cn1C. The number of rotatable bonds is 7. The fourth-order valence-electron chi connectivity index (χ4n) is 2.39. The van der Waals surface area contributed by atoms with Gasteiger partial charge in [0.25, 0.3) is 0 Å². The van der Waals surface area contributed by atoms with Gasteiger partial charge in [-0.25, -0.2) is 4.98 Å². The van der Waals surface area contributed by atoms with E-state index in [1.807, 2.05) is 44.7 Å². The molecule has 4 N–H and O–H groups in total. The highest BCUT2D eigenvalue weighted by Crippen LogP contribution is 2.25.